The summed E-state index contributed by atoms with van der Waals surface area (Å²) in [5.74, 6) is -2.37. The number of halogens is 4. The lowest BCUT2D eigenvalue weighted by molar-refractivity contribution is 0.0940. The van der Waals surface area contributed by atoms with Gasteiger partial charge in [0.25, 0.3) is 5.91 Å². The van der Waals surface area contributed by atoms with Gasteiger partial charge >= 0.3 is 0 Å². The molecule has 2 atom stereocenters. The van der Waals surface area contributed by atoms with Gasteiger partial charge in [-0.15, -0.1) is 0 Å². The summed E-state index contributed by atoms with van der Waals surface area (Å²) in [4.78, 5) is 21.6. The molecule has 1 heterocycles. The van der Waals surface area contributed by atoms with E-state index in [2.05, 4.69) is 15.3 Å². The van der Waals surface area contributed by atoms with E-state index in [-0.39, 0.29) is 38.1 Å². The second-order valence-electron chi connectivity index (χ2n) is 7.36. The normalized spacial score (nSPS) is 12.9. The number of benzene rings is 3. The third-order valence-electron chi connectivity index (χ3n) is 5.12. The van der Waals surface area contributed by atoms with Crippen LogP contribution in [0.2, 0.25) is 10.0 Å². The van der Waals surface area contributed by atoms with Gasteiger partial charge in [0.15, 0.2) is 0 Å². The molecule has 4 rings (SSSR count). The van der Waals surface area contributed by atoms with Crippen LogP contribution in [0.1, 0.15) is 28.9 Å². The highest BCUT2D eigenvalue weighted by molar-refractivity contribution is 7.81. The molecule has 2 unspecified atom stereocenters. The Morgan fingerprint density at radius 2 is 1.77 bits per heavy atom. The molecule has 0 radical (unpaired) electrons. The zero-order valence-corrected chi connectivity index (χ0v) is 20.2. The van der Waals surface area contributed by atoms with Gasteiger partial charge in [-0.2, -0.15) is 0 Å². The van der Waals surface area contributed by atoms with Gasteiger partial charge in [-0.3, -0.25) is 23.3 Å². The smallest absolute Gasteiger partial charge is 0.253 e. The van der Waals surface area contributed by atoms with Crippen molar-refractivity contribution in [2.24, 2.45) is 0 Å². The first kappa shape index (κ1) is 24.9. The van der Waals surface area contributed by atoms with E-state index in [1.165, 1.54) is 43.6 Å². The van der Waals surface area contributed by atoms with Gasteiger partial charge in [-0.25, -0.2) is 8.78 Å². The highest BCUT2D eigenvalue weighted by Gasteiger charge is 2.25. The van der Waals surface area contributed by atoms with Gasteiger partial charge < -0.3 is 9.87 Å². The van der Waals surface area contributed by atoms with Crippen LogP contribution in [0.5, 0.6) is 0 Å². The lowest BCUT2D eigenvalue weighted by Crippen LogP contribution is -2.30. The Labute approximate surface area is 211 Å². The van der Waals surface area contributed by atoms with Crippen molar-refractivity contribution in [1.82, 2.24) is 15.3 Å². The summed E-state index contributed by atoms with van der Waals surface area (Å²) in [7, 11) is 0. The predicted octanol–water partition coefficient (Wildman–Crippen LogP) is 5.64. The van der Waals surface area contributed by atoms with Crippen molar-refractivity contribution in [1.29, 1.82) is 0 Å². The number of fused-ring (bicyclic) bond motifs is 1. The van der Waals surface area contributed by atoms with Gasteiger partial charge in [0.2, 0.25) is 0 Å². The first-order chi connectivity index (χ1) is 16.7. The van der Waals surface area contributed by atoms with E-state index in [0.29, 0.717) is 11.6 Å². The summed E-state index contributed by atoms with van der Waals surface area (Å²) in [5.41, 5.74) is 0.572. The monoisotopic (exact) mass is 535 g/mol. The molecule has 0 saturated heterocycles. The van der Waals surface area contributed by atoms with Gasteiger partial charge in [0, 0.05) is 24.0 Å². The van der Waals surface area contributed by atoms with Gasteiger partial charge in [-0.05, 0) is 37.3 Å². The number of hydrogen-bond donors (Lipinski definition) is 1. The standard InChI is InChI=1S/C23H16Cl2F2N4O3S/c1-12(14-6-5-13(26)9-18(14)27)30-23(32)15-10-16(24)17(25)11-21(15)31(35(33)34)20-4-2-3-19-22(20)29-8-7-28-19/h2-12H,1H3,(H,30,32)(H,33,34)/p-1. The van der Waals surface area contributed by atoms with E-state index in [1.807, 2.05) is 0 Å². The van der Waals surface area contributed by atoms with Crippen LogP contribution in [-0.4, -0.2) is 24.6 Å². The maximum Gasteiger partial charge on any atom is 0.253 e. The molecule has 0 spiro atoms. The molecule has 7 nitrogen and oxygen atoms in total. The summed E-state index contributed by atoms with van der Waals surface area (Å²) in [6, 6.07) is 9.25. The largest absolute Gasteiger partial charge is 0.755 e. The predicted molar refractivity (Wildman–Crippen MR) is 129 cm³/mol. The molecule has 0 aliphatic carbocycles. The van der Waals surface area contributed by atoms with Gasteiger partial charge in [0.05, 0.1) is 49.8 Å². The Morgan fingerprint density at radius 1 is 1.06 bits per heavy atom. The maximum atomic E-state index is 14.2. The summed E-state index contributed by atoms with van der Waals surface area (Å²) in [6.45, 7) is 1.50. The van der Waals surface area contributed by atoms with Gasteiger partial charge in [0.1, 0.15) is 17.2 Å². The molecule has 4 aromatic rings. The van der Waals surface area contributed by atoms with Crippen LogP contribution >= 0.6 is 23.2 Å². The van der Waals surface area contributed by atoms with E-state index in [1.54, 1.807) is 12.1 Å². The van der Waals surface area contributed by atoms with Crippen molar-refractivity contribution in [3.63, 3.8) is 0 Å². The number of rotatable bonds is 6. The maximum absolute atomic E-state index is 14.2. The topological polar surface area (TPSA) is 98.2 Å². The fraction of sp³-hybridized carbons (Fsp3) is 0.0870. The van der Waals surface area contributed by atoms with E-state index in [4.69, 9.17) is 23.2 Å². The number of amides is 1. The molecule has 1 aromatic heterocycles. The van der Waals surface area contributed by atoms with Crippen molar-refractivity contribution in [3.05, 3.63) is 93.7 Å². The summed E-state index contributed by atoms with van der Waals surface area (Å²) in [6.07, 6.45) is 2.86. The van der Waals surface area contributed by atoms with Crippen LogP contribution in [-0.2, 0) is 11.3 Å². The molecule has 1 N–H and O–H groups in total. The van der Waals surface area contributed by atoms with E-state index < -0.39 is 34.8 Å². The Bertz CT molecular complexity index is 1470. The lowest BCUT2D eigenvalue weighted by atomic mass is 10.1. The van der Waals surface area contributed by atoms with E-state index in [9.17, 15) is 22.3 Å². The first-order valence-corrected chi connectivity index (χ1v) is 11.8. The lowest BCUT2D eigenvalue weighted by Gasteiger charge is -2.29. The molecule has 0 aliphatic heterocycles. The quantitative estimate of drug-likeness (QED) is 0.322. The fourth-order valence-electron chi connectivity index (χ4n) is 3.52. The molecule has 3 aromatic carbocycles. The number of carbonyl (C=O) groups is 1. The summed E-state index contributed by atoms with van der Waals surface area (Å²) >= 11 is 9.39. The second-order valence-corrected chi connectivity index (χ2v) is 8.97. The number of para-hydroxylation sites is 1. The van der Waals surface area contributed by atoms with Gasteiger partial charge in [-0.1, -0.05) is 35.3 Å². The molecule has 0 saturated carbocycles. The Morgan fingerprint density at radius 3 is 2.49 bits per heavy atom. The SMILES string of the molecule is CC(NC(=O)c1cc(Cl)c(Cl)cc1N(c1cccc2nccnc12)S(=O)[O-])c1ccc(F)cc1F. The van der Waals surface area contributed by atoms with E-state index >= 15 is 0 Å². The van der Waals surface area contributed by atoms with Crippen molar-refractivity contribution in [2.75, 3.05) is 4.31 Å². The minimum atomic E-state index is -2.93. The van der Waals surface area contributed by atoms with Crippen LogP contribution in [0.15, 0.2) is 60.9 Å². The summed E-state index contributed by atoms with van der Waals surface area (Å²) in [5, 5.41) is 2.58. The van der Waals surface area contributed by atoms with E-state index in [0.717, 1.165) is 10.4 Å². The van der Waals surface area contributed by atoms with Crippen molar-refractivity contribution < 1.29 is 22.3 Å². The third kappa shape index (κ3) is 5.10. The Hall–Kier alpha value is -3.18. The van der Waals surface area contributed by atoms with Crippen molar-refractivity contribution in [3.8, 4) is 0 Å². The third-order valence-corrected chi connectivity index (χ3v) is 6.54. The van der Waals surface area contributed by atoms with Crippen molar-refractivity contribution in [2.45, 2.75) is 13.0 Å². The number of hydrogen-bond acceptors (Lipinski definition) is 5. The minimum Gasteiger partial charge on any atom is -0.755 e. The number of nitrogens with zero attached hydrogens (tertiary/aromatic N) is 3. The number of carbonyl (C=O) groups excluding carboxylic acids is 1. The molecule has 0 aliphatic rings. The zero-order valence-electron chi connectivity index (χ0n) is 17.8. The van der Waals surface area contributed by atoms with Crippen LogP contribution in [0.4, 0.5) is 20.2 Å². The molecule has 35 heavy (non-hydrogen) atoms. The molecule has 0 fully saturated rings. The van der Waals surface area contributed by atoms with Crippen LogP contribution < -0.4 is 9.62 Å². The summed E-state index contributed by atoms with van der Waals surface area (Å²) < 4.78 is 53.2. The van der Waals surface area contributed by atoms with Crippen molar-refractivity contribution >= 4 is 62.8 Å². The molecule has 1 amide bonds. The molecular formula is C23H15Cl2F2N4O3S-. The average molecular weight is 536 g/mol. The van der Waals surface area contributed by atoms with Crippen LogP contribution in [0.25, 0.3) is 11.0 Å². The molecule has 12 heteroatoms. The molecule has 0 bridgehead atoms. The first-order valence-electron chi connectivity index (χ1n) is 10.0. The Balaban J connectivity index is 1.81. The highest BCUT2D eigenvalue weighted by atomic mass is 35.5. The number of nitrogens with one attached hydrogen (secondary N) is 1. The number of anilines is 2. The average Bonchev–Trinajstić information content (AvgIpc) is 2.81. The minimum absolute atomic E-state index is 0.00221. The fourth-order valence-corrected chi connectivity index (χ4v) is 4.46. The van der Waals surface area contributed by atoms with Crippen LogP contribution in [0, 0.1) is 11.6 Å². The molecular weight excluding hydrogens is 521 g/mol. The highest BCUT2D eigenvalue weighted by Crippen LogP contribution is 2.38. The Kier molecular flexibility index (Phi) is 7.27. The molecule has 180 valence electrons. The van der Waals surface area contributed by atoms with Crippen LogP contribution in [0.3, 0.4) is 0 Å². The number of aromatic nitrogens is 2. The zero-order chi connectivity index (χ0) is 25.3. The second kappa shape index (κ2) is 10.2.